The van der Waals surface area contributed by atoms with Gasteiger partial charge in [-0.1, -0.05) is 11.6 Å². The fourth-order valence-corrected chi connectivity index (χ4v) is 4.08. The van der Waals surface area contributed by atoms with E-state index in [1.807, 2.05) is 6.07 Å². The van der Waals surface area contributed by atoms with Crippen LogP contribution in [0.15, 0.2) is 12.1 Å². The Balaban J connectivity index is 2.11. The van der Waals surface area contributed by atoms with Crippen LogP contribution in [-0.2, 0) is 11.3 Å². The monoisotopic (exact) mass is 302 g/mol. The maximum Gasteiger partial charge on any atom is 0.0931 e. The van der Waals surface area contributed by atoms with Gasteiger partial charge in [0.15, 0.2) is 0 Å². The van der Waals surface area contributed by atoms with Gasteiger partial charge in [0.2, 0.25) is 0 Å². The summed E-state index contributed by atoms with van der Waals surface area (Å²) >= 11 is 7.64. The maximum absolute atomic E-state index is 6.10. The summed E-state index contributed by atoms with van der Waals surface area (Å²) < 4.78 is 6.67. The molecule has 0 aliphatic carbocycles. The molecule has 1 aromatic heterocycles. The van der Waals surface area contributed by atoms with Crippen LogP contribution in [0.25, 0.3) is 0 Å². The molecule has 1 aliphatic rings. The maximum atomic E-state index is 6.10. The summed E-state index contributed by atoms with van der Waals surface area (Å²) in [6, 6.07) is 4.05. The largest absolute Gasteiger partial charge is 0.375 e. The minimum Gasteiger partial charge on any atom is -0.375 e. The summed E-state index contributed by atoms with van der Waals surface area (Å²) in [6.07, 6.45) is 1.95. The molecule has 2 rings (SSSR count). The van der Waals surface area contributed by atoms with Crippen molar-refractivity contribution >= 4 is 22.9 Å². The summed E-state index contributed by atoms with van der Waals surface area (Å²) in [5.41, 5.74) is 6.03. The van der Waals surface area contributed by atoms with Crippen LogP contribution in [0.2, 0.25) is 4.34 Å². The first-order valence-electron chi connectivity index (χ1n) is 6.66. The van der Waals surface area contributed by atoms with Crippen molar-refractivity contribution in [3.63, 3.8) is 0 Å². The highest BCUT2D eigenvalue weighted by atomic mass is 35.5. The summed E-state index contributed by atoms with van der Waals surface area (Å²) in [5.74, 6) is 0. The number of nitrogens with zero attached hydrogens (tertiary/aromatic N) is 1. The molecule has 1 aromatic rings. The fraction of sp³-hybridized carbons (Fsp3) is 0.714. The normalized spacial score (nSPS) is 26.8. The first-order valence-corrected chi connectivity index (χ1v) is 7.86. The third-order valence-electron chi connectivity index (χ3n) is 4.03. The number of nitrogens with two attached hydrogens (primary N) is 1. The molecule has 0 saturated carbocycles. The summed E-state index contributed by atoms with van der Waals surface area (Å²) in [4.78, 5) is 3.66. The Morgan fingerprint density at radius 2 is 2.21 bits per heavy atom. The SMILES string of the molecule is CN(Cc1ccc(Cl)s1)C1(CN)CCOC(C)(C)C1. The highest BCUT2D eigenvalue weighted by Crippen LogP contribution is 2.36. The van der Waals surface area contributed by atoms with Gasteiger partial charge in [0.05, 0.1) is 9.94 Å². The van der Waals surface area contributed by atoms with E-state index in [-0.39, 0.29) is 11.1 Å². The smallest absolute Gasteiger partial charge is 0.0931 e. The molecular weight excluding hydrogens is 280 g/mol. The molecular formula is C14H23ClN2OS. The molecule has 0 bridgehead atoms. The number of hydrogen-bond donors (Lipinski definition) is 1. The van der Waals surface area contributed by atoms with Crippen LogP contribution in [0.5, 0.6) is 0 Å². The number of halogens is 1. The van der Waals surface area contributed by atoms with Gasteiger partial charge in [-0.05, 0) is 45.9 Å². The van der Waals surface area contributed by atoms with Crippen molar-refractivity contribution in [2.45, 2.75) is 44.4 Å². The second kappa shape index (κ2) is 5.70. The third kappa shape index (κ3) is 3.50. The Kier molecular flexibility index (Phi) is 4.58. The van der Waals surface area contributed by atoms with E-state index in [0.717, 1.165) is 30.3 Å². The Hall–Kier alpha value is -0.130. The lowest BCUT2D eigenvalue weighted by molar-refractivity contribution is -0.114. The van der Waals surface area contributed by atoms with Crippen LogP contribution in [0.4, 0.5) is 0 Å². The summed E-state index contributed by atoms with van der Waals surface area (Å²) in [6.45, 7) is 6.62. The van der Waals surface area contributed by atoms with E-state index in [1.165, 1.54) is 4.88 Å². The third-order valence-corrected chi connectivity index (χ3v) is 5.24. The molecule has 108 valence electrons. The van der Waals surface area contributed by atoms with Crippen molar-refractivity contribution in [1.29, 1.82) is 0 Å². The predicted octanol–water partition coefficient (Wildman–Crippen LogP) is 3.12. The van der Waals surface area contributed by atoms with Gasteiger partial charge in [0.1, 0.15) is 0 Å². The highest BCUT2D eigenvalue weighted by Gasteiger charge is 2.42. The van der Waals surface area contributed by atoms with Crippen molar-refractivity contribution in [3.8, 4) is 0 Å². The van der Waals surface area contributed by atoms with Gasteiger partial charge >= 0.3 is 0 Å². The molecule has 1 fully saturated rings. The van der Waals surface area contributed by atoms with E-state index in [1.54, 1.807) is 11.3 Å². The number of thiophene rings is 1. The molecule has 0 spiro atoms. The molecule has 0 radical (unpaired) electrons. The quantitative estimate of drug-likeness (QED) is 0.929. The van der Waals surface area contributed by atoms with E-state index < -0.39 is 0 Å². The van der Waals surface area contributed by atoms with Gasteiger partial charge in [-0.2, -0.15) is 0 Å². The molecule has 1 aliphatic heterocycles. The zero-order chi connectivity index (χ0) is 14.1. The van der Waals surface area contributed by atoms with Crippen molar-refractivity contribution in [2.75, 3.05) is 20.2 Å². The van der Waals surface area contributed by atoms with Gasteiger partial charge in [0.25, 0.3) is 0 Å². The Labute approximate surface area is 124 Å². The van der Waals surface area contributed by atoms with E-state index in [2.05, 4.69) is 31.9 Å². The molecule has 0 amide bonds. The zero-order valence-electron chi connectivity index (χ0n) is 11.9. The Morgan fingerprint density at radius 1 is 1.47 bits per heavy atom. The Morgan fingerprint density at radius 3 is 2.74 bits per heavy atom. The molecule has 5 heteroatoms. The van der Waals surface area contributed by atoms with Gasteiger partial charge in [-0.15, -0.1) is 11.3 Å². The molecule has 1 saturated heterocycles. The lowest BCUT2D eigenvalue weighted by atomic mass is 9.80. The van der Waals surface area contributed by atoms with Gasteiger partial charge in [-0.3, -0.25) is 4.90 Å². The first kappa shape index (κ1) is 15.3. The molecule has 0 aromatic carbocycles. The average molecular weight is 303 g/mol. The van der Waals surface area contributed by atoms with Crippen molar-refractivity contribution in [3.05, 3.63) is 21.3 Å². The lowest BCUT2D eigenvalue weighted by Crippen LogP contribution is -2.59. The Bertz CT molecular complexity index is 435. The van der Waals surface area contributed by atoms with Gasteiger partial charge < -0.3 is 10.5 Å². The molecule has 1 unspecified atom stereocenters. The van der Waals surface area contributed by atoms with Crippen molar-refractivity contribution in [2.24, 2.45) is 5.73 Å². The number of likely N-dealkylation sites (N-methyl/N-ethyl adjacent to an activating group) is 1. The summed E-state index contributed by atoms with van der Waals surface area (Å²) in [5, 5.41) is 0. The van der Waals surface area contributed by atoms with Crippen molar-refractivity contribution < 1.29 is 4.74 Å². The fourth-order valence-electron chi connectivity index (χ4n) is 2.94. The first-order chi connectivity index (χ1) is 8.87. The lowest BCUT2D eigenvalue weighted by Gasteiger charge is -2.49. The van der Waals surface area contributed by atoms with Gasteiger partial charge in [-0.25, -0.2) is 0 Å². The van der Waals surface area contributed by atoms with Crippen LogP contribution in [0.3, 0.4) is 0 Å². The highest BCUT2D eigenvalue weighted by molar-refractivity contribution is 7.16. The number of ether oxygens (including phenoxy) is 1. The number of hydrogen-bond acceptors (Lipinski definition) is 4. The predicted molar refractivity (Wildman–Crippen MR) is 81.8 cm³/mol. The van der Waals surface area contributed by atoms with Crippen LogP contribution < -0.4 is 5.73 Å². The van der Waals surface area contributed by atoms with Crippen LogP contribution in [0.1, 0.15) is 31.6 Å². The van der Waals surface area contributed by atoms with Crippen LogP contribution in [0, 0.1) is 0 Å². The van der Waals surface area contributed by atoms with E-state index in [4.69, 9.17) is 22.1 Å². The minimum absolute atomic E-state index is 0.0260. The van der Waals surface area contributed by atoms with E-state index in [9.17, 15) is 0 Å². The molecule has 2 heterocycles. The average Bonchev–Trinajstić information content (AvgIpc) is 2.73. The summed E-state index contributed by atoms with van der Waals surface area (Å²) in [7, 11) is 2.15. The molecule has 2 N–H and O–H groups in total. The van der Waals surface area contributed by atoms with E-state index in [0.29, 0.717) is 6.54 Å². The van der Waals surface area contributed by atoms with Gasteiger partial charge in [0, 0.05) is 30.1 Å². The van der Waals surface area contributed by atoms with Crippen LogP contribution >= 0.6 is 22.9 Å². The van der Waals surface area contributed by atoms with Crippen LogP contribution in [-0.4, -0.2) is 36.2 Å². The molecule has 3 nitrogen and oxygen atoms in total. The topological polar surface area (TPSA) is 38.5 Å². The van der Waals surface area contributed by atoms with Crippen molar-refractivity contribution in [1.82, 2.24) is 4.90 Å². The molecule has 1 atom stereocenters. The molecule has 19 heavy (non-hydrogen) atoms. The van der Waals surface area contributed by atoms with E-state index >= 15 is 0 Å². The second-order valence-corrected chi connectivity index (χ2v) is 7.82. The standard InChI is InChI=1S/C14H23ClN2OS/c1-13(2)9-14(10-16,6-7-18-13)17(3)8-11-4-5-12(15)19-11/h4-5H,6-10,16H2,1-3H3. The number of rotatable bonds is 4. The second-order valence-electron chi connectivity index (χ2n) is 6.03. The minimum atomic E-state index is -0.0982. The zero-order valence-corrected chi connectivity index (χ0v) is 13.5.